The van der Waals surface area contributed by atoms with Gasteiger partial charge in [-0.25, -0.2) is 0 Å². The molecule has 1 N–H and O–H groups in total. The first-order valence-corrected chi connectivity index (χ1v) is 8.92. The average molecular weight is 354 g/mol. The van der Waals surface area contributed by atoms with E-state index < -0.39 is 30.7 Å². The molecular formula is C19H30O6. The maximum atomic E-state index is 10.7. The predicted molar refractivity (Wildman–Crippen MR) is 93.2 cm³/mol. The monoisotopic (exact) mass is 354 g/mol. The molecule has 0 saturated carbocycles. The summed E-state index contributed by atoms with van der Waals surface area (Å²) in [7, 11) is 1.56. The summed E-state index contributed by atoms with van der Waals surface area (Å²) in [6, 6.07) is 9.88. The van der Waals surface area contributed by atoms with Crippen molar-refractivity contribution in [1.82, 2.24) is 0 Å². The molecule has 1 saturated heterocycles. The van der Waals surface area contributed by atoms with Gasteiger partial charge >= 0.3 is 0 Å². The lowest BCUT2D eigenvalue weighted by molar-refractivity contribution is -0.311. The molecule has 0 aliphatic carbocycles. The van der Waals surface area contributed by atoms with Crippen LogP contribution in [0.1, 0.15) is 25.8 Å². The number of methoxy groups -OCH3 is 1. The summed E-state index contributed by atoms with van der Waals surface area (Å²) < 4.78 is 28.6. The first-order valence-electron chi connectivity index (χ1n) is 8.92. The Bertz CT molecular complexity index is 468. The highest BCUT2D eigenvalue weighted by Crippen LogP contribution is 2.27. The third kappa shape index (κ3) is 5.74. The molecular weight excluding hydrogens is 324 g/mol. The number of ether oxygens (including phenoxy) is 5. The van der Waals surface area contributed by atoms with Crippen LogP contribution < -0.4 is 0 Å². The largest absolute Gasteiger partial charge is 0.387 e. The molecule has 0 spiro atoms. The van der Waals surface area contributed by atoms with Crippen LogP contribution in [0.15, 0.2) is 30.3 Å². The zero-order chi connectivity index (χ0) is 18.1. The lowest BCUT2D eigenvalue weighted by Gasteiger charge is -2.43. The Morgan fingerprint density at radius 2 is 1.84 bits per heavy atom. The van der Waals surface area contributed by atoms with Crippen molar-refractivity contribution in [2.24, 2.45) is 0 Å². The topological polar surface area (TPSA) is 66.4 Å². The average Bonchev–Trinajstić information content (AvgIpc) is 2.64. The summed E-state index contributed by atoms with van der Waals surface area (Å²) in [5.41, 5.74) is 1.07. The second-order valence-electron chi connectivity index (χ2n) is 6.03. The summed E-state index contributed by atoms with van der Waals surface area (Å²) in [6.45, 7) is 5.66. The lowest BCUT2D eigenvalue weighted by Crippen LogP contribution is -2.61. The number of aliphatic hydroxyl groups excluding tert-OH is 1. The summed E-state index contributed by atoms with van der Waals surface area (Å²) in [5, 5.41) is 10.7. The van der Waals surface area contributed by atoms with Gasteiger partial charge in [-0.15, -0.1) is 0 Å². The van der Waals surface area contributed by atoms with Crippen molar-refractivity contribution >= 4 is 0 Å². The number of benzene rings is 1. The normalized spacial score (nSPS) is 29.7. The van der Waals surface area contributed by atoms with E-state index in [1.165, 1.54) is 0 Å². The van der Waals surface area contributed by atoms with Crippen LogP contribution in [-0.4, -0.2) is 62.7 Å². The molecule has 0 amide bonds. The van der Waals surface area contributed by atoms with E-state index in [0.29, 0.717) is 19.8 Å². The van der Waals surface area contributed by atoms with E-state index in [2.05, 4.69) is 0 Å². The molecule has 142 valence electrons. The molecule has 5 atom stereocenters. The van der Waals surface area contributed by atoms with Crippen LogP contribution in [0.3, 0.4) is 0 Å². The van der Waals surface area contributed by atoms with Gasteiger partial charge in [0, 0.05) is 20.3 Å². The molecule has 6 heteroatoms. The zero-order valence-electron chi connectivity index (χ0n) is 15.3. The smallest absolute Gasteiger partial charge is 0.186 e. The Hall–Kier alpha value is -1.02. The van der Waals surface area contributed by atoms with Crippen LogP contribution in [0.5, 0.6) is 0 Å². The minimum Gasteiger partial charge on any atom is -0.387 e. The van der Waals surface area contributed by atoms with Gasteiger partial charge in [-0.05, 0) is 18.9 Å². The van der Waals surface area contributed by atoms with Gasteiger partial charge in [-0.2, -0.15) is 0 Å². The van der Waals surface area contributed by atoms with Gasteiger partial charge < -0.3 is 28.8 Å². The van der Waals surface area contributed by atoms with Gasteiger partial charge in [0.1, 0.15) is 24.4 Å². The molecule has 2 rings (SSSR count). The number of hydrogen-bond acceptors (Lipinski definition) is 6. The molecule has 25 heavy (non-hydrogen) atoms. The van der Waals surface area contributed by atoms with E-state index in [1.807, 2.05) is 44.2 Å². The second kappa shape index (κ2) is 10.9. The van der Waals surface area contributed by atoms with E-state index >= 15 is 0 Å². The molecule has 0 radical (unpaired) electrons. The first kappa shape index (κ1) is 20.3. The predicted octanol–water partition coefficient (Wildman–Crippen LogP) is 2.14. The fourth-order valence-corrected chi connectivity index (χ4v) is 2.90. The van der Waals surface area contributed by atoms with Crippen molar-refractivity contribution in [1.29, 1.82) is 0 Å². The minimum absolute atomic E-state index is 0.251. The van der Waals surface area contributed by atoms with Crippen molar-refractivity contribution in [2.45, 2.75) is 57.6 Å². The van der Waals surface area contributed by atoms with E-state index in [0.717, 1.165) is 12.0 Å². The Morgan fingerprint density at radius 1 is 1.08 bits per heavy atom. The number of rotatable bonds is 10. The minimum atomic E-state index is -0.842. The molecule has 1 aliphatic heterocycles. The molecule has 1 unspecified atom stereocenters. The van der Waals surface area contributed by atoms with E-state index in [1.54, 1.807) is 7.11 Å². The van der Waals surface area contributed by atoms with Gasteiger partial charge in [0.25, 0.3) is 0 Å². The SMILES string of the molecule is CCCO[C@H]1[C@H](O)[C@@H](COCc2ccccc2)OC(OC)[C@@H]1OCC. The van der Waals surface area contributed by atoms with Gasteiger partial charge in [0.05, 0.1) is 13.2 Å². The van der Waals surface area contributed by atoms with Crippen molar-refractivity contribution in [3.8, 4) is 0 Å². The standard InChI is InChI=1S/C19H30O6/c1-4-11-24-17-16(20)15(25-19(21-3)18(17)23-5-2)13-22-12-14-9-7-6-8-10-14/h6-10,15-20H,4-5,11-13H2,1-3H3/t15-,16-,17+,18-,19?/m1/s1. The quantitative estimate of drug-likeness (QED) is 0.694. The first-order chi connectivity index (χ1) is 12.2. The summed E-state index contributed by atoms with van der Waals surface area (Å²) in [5.74, 6) is 0. The summed E-state index contributed by atoms with van der Waals surface area (Å²) in [6.07, 6.45) is -2.10. The third-order valence-electron chi connectivity index (χ3n) is 4.12. The maximum absolute atomic E-state index is 10.7. The van der Waals surface area contributed by atoms with Gasteiger partial charge in [0.15, 0.2) is 6.29 Å². The highest BCUT2D eigenvalue weighted by atomic mass is 16.7. The Kier molecular flexibility index (Phi) is 8.81. The van der Waals surface area contributed by atoms with Crippen molar-refractivity contribution < 1.29 is 28.8 Å². The second-order valence-corrected chi connectivity index (χ2v) is 6.03. The van der Waals surface area contributed by atoms with Crippen LogP contribution in [0.25, 0.3) is 0 Å². The van der Waals surface area contributed by atoms with Gasteiger partial charge in [-0.1, -0.05) is 37.3 Å². The zero-order valence-corrected chi connectivity index (χ0v) is 15.3. The van der Waals surface area contributed by atoms with E-state index in [-0.39, 0.29) is 6.61 Å². The fraction of sp³-hybridized carbons (Fsp3) is 0.684. The van der Waals surface area contributed by atoms with E-state index in [4.69, 9.17) is 23.7 Å². The van der Waals surface area contributed by atoms with Crippen molar-refractivity contribution in [2.75, 3.05) is 26.9 Å². The molecule has 6 nitrogen and oxygen atoms in total. The lowest BCUT2D eigenvalue weighted by atomic mass is 9.98. The van der Waals surface area contributed by atoms with Crippen LogP contribution in [0.4, 0.5) is 0 Å². The third-order valence-corrected chi connectivity index (χ3v) is 4.12. The fourth-order valence-electron chi connectivity index (χ4n) is 2.90. The maximum Gasteiger partial charge on any atom is 0.186 e. The van der Waals surface area contributed by atoms with Gasteiger partial charge in [-0.3, -0.25) is 0 Å². The molecule has 1 fully saturated rings. The van der Waals surface area contributed by atoms with Crippen LogP contribution in [0, 0.1) is 0 Å². The highest BCUT2D eigenvalue weighted by molar-refractivity contribution is 5.13. The van der Waals surface area contributed by atoms with E-state index in [9.17, 15) is 5.11 Å². The van der Waals surface area contributed by atoms with Gasteiger partial charge in [0.2, 0.25) is 0 Å². The Morgan fingerprint density at radius 3 is 2.48 bits per heavy atom. The number of aliphatic hydroxyl groups is 1. The number of hydrogen-bond donors (Lipinski definition) is 1. The highest BCUT2D eigenvalue weighted by Gasteiger charge is 2.46. The molecule has 0 aromatic heterocycles. The molecule has 1 aliphatic rings. The van der Waals surface area contributed by atoms with Crippen LogP contribution in [-0.2, 0) is 30.3 Å². The summed E-state index contributed by atoms with van der Waals surface area (Å²) in [4.78, 5) is 0. The Labute approximate surface area is 150 Å². The van der Waals surface area contributed by atoms with Crippen LogP contribution >= 0.6 is 0 Å². The molecule has 1 aromatic rings. The van der Waals surface area contributed by atoms with Crippen LogP contribution in [0.2, 0.25) is 0 Å². The van der Waals surface area contributed by atoms with Crippen molar-refractivity contribution in [3.05, 3.63) is 35.9 Å². The molecule has 1 aromatic carbocycles. The summed E-state index contributed by atoms with van der Waals surface area (Å²) >= 11 is 0. The molecule has 1 heterocycles. The van der Waals surface area contributed by atoms with Crippen molar-refractivity contribution in [3.63, 3.8) is 0 Å². The molecule has 0 bridgehead atoms. The Balaban J connectivity index is 1.97.